The molecule has 0 saturated heterocycles. The van der Waals surface area contributed by atoms with Crippen LogP contribution in [0.3, 0.4) is 0 Å². The molecule has 0 aliphatic carbocycles. The average Bonchev–Trinajstić information content (AvgIpc) is 2.62. The van der Waals surface area contributed by atoms with Gasteiger partial charge in [0.25, 0.3) is 0 Å². The fourth-order valence-electron chi connectivity index (χ4n) is 1.20. The zero-order valence-electron chi connectivity index (χ0n) is 8.69. The number of nitrogens with zero attached hydrogens (tertiary/aromatic N) is 2. The Morgan fingerprint density at radius 1 is 1.64 bits per heavy atom. The number of Topliss-reactive ketones (excluding diaryl/α,β-unsaturated/α-hetero) is 1. The van der Waals surface area contributed by atoms with Gasteiger partial charge >= 0.3 is 0 Å². The minimum absolute atomic E-state index is 0.301. The van der Waals surface area contributed by atoms with E-state index >= 15 is 0 Å². The van der Waals surface area contributed by atoms with Gasteiger partial charge in [0.15, 0.2) is 0 Å². The molecule has 0 unspecified atom stereocenters. The van der Waals surface area contributed by atoms with E-state index in [1.807, 2.05) is 24.1 Å². The molecule has 0 aliphatic heterocycles. The van der Waals surface area contributed by atoms with Crippen LogP contribution in [0.25, 0.3) is 0 Å². The normalized spacial score (nSPS) is 10.4. The lowest BCUT2D eigenvalue weighted by molar-refractivity contribution is -0.118. The molecule has 14 heavy (non-hydrogen) atoms. The van der Waals surface area contributed by atoms with Crippen molar-refractivity contribution < 1.29 is 4.79 Å². The zero-order valence-corrected chi connectivity index (χ0v) is 9.51. The van der Waals surface area contributed by atoms with Crippen LogP contribution in [0.2, 0.25) is 0 Å². The molecule has 0 saturated carbocycles. The minimum Gasteiger partial charge on any atom is -0.299 e. The van der Waals surface area contributed by atoms with Gasteiger partial charge in [-0.05, 0) is 24.5 Å². The lowest BCUT2D eigenvalue weighted by Crippen LogP contribution is -2.03. The van der Waals surface area contributed by atoms with Crippen molar-refractivity contribution in [1.29, 1.82) is 0 Å². The third-order valence-electron chi connectivity index (χ3n) is 2.00. The Morgan fingerprint density at radius 3 is 3.00 bits per heavy atom. The number of aryl methyl sites for hydroxylation is 1. The van der Waals surface area contributed by atoms with Crippen molar-refractivity contribution in [2.75, 3.05) is 12.0 Å². The van der Waals surface area contributed by atoms with Crippen LogP contribution < -0.4 is 0 Å². The molecule has 1 aromatic rings. The van der Waals surface area contributed by atoms with Crippen LogP contribution in [0, 0.1) is 0 Å². The summed E-state index contributed by atoms with van der Waals surface area (Å²) in [5.74, 6) is 1.22. The molecule has 1 rings (SSSR count). The van der Waals surface area contributed by atoms with E-state index in [0.29, 0.717) is 18.6 Å². The van der Waals surface area contributed by atoms with E-state index in [1.54, 1.807) is 18.0 Å². The highest BCUT2D eigenvalue weighted by atomic mass is 32.2. The molecule has 0 amide bonds. The van der Waals surface area contributed by atoms with Gasteiger partial charge in [-0.25, -0.2) is 0 Å². The minimum atomic E-state index is 0.301. The van der Waals surface area contributed by atoms with Crippen molar-refractivity contribution in [3.05, 3.63) is 18.0 Å². The number of hydrogen-bond donors (Lipinski definition) is 0. The van der Waals surface area contributed by atoms with Crippen LogP contribution in [0.5, 0.6) is 0 Å². The summed E-state index contributed by atoms with van der Waals surface area (Å²) in [6.07, 6.45) is 6.93. The summed E-state index contributed by atoms with van der Waals surface area (Å²) in [7, 11) is 0. The van der Waals surface area contributed by atoms with Gasteiger partial charge in [0.2, 0.25) is 0 Å². The van der Waals surface area contributed by atoms with Crippen LogP contribution in [0.4, 0.5) is 0 Å². The van der Waals surface area contributed by atoms with E-state index in [2.05, 4.69) is 5.10 Å². The molecule has 3 nitrogen and oxygen atoms in total. The van der Waals surface area contributed by atoms with Crippen LogP contribution >= 0.6 is 11.8 Å². The van der Waals surface area contributed by atoms with Crippen molar-refractivity contribution >= 4 is 17.5 Å². The smallest absolute Gasteiger partial charge is 0.138 e. The number of thioether (sulfide) groups is 1. The van der Waals surface area contributed by atoms with Crippen LogP contribution in [-0.4, -0.2) is 27.6 Å². The van der Waals surface area contributed by atoms with Crippen LogP contribution in [0.15, 0.2) is 12.4 Å². The van der Waals surface area contributed by atoms with Gasteiger partial charge < -0.3 is 0 Å². The molecular formula is C10H16N2OS. The molecular weight excluding hydrogens is 196 g/mol. The Hall–Kier alpha value is -0.770. The van der Waals surface area contributed by atoms with Crippen molar-refractivity contribution in [3.8, 4) is 0 Å². The SMILES string of the molecule is CCn1cc(CC(=O)CCSC)cn1. The topological polar surface area (TPSA) is 34.9 Å². The summed E-state index contributed by atoms with van der Waals surface area (Å²) in [5, 5.41) is 4.13. The Balaban J connectivity index is 2.39. The number of carbonyl (C=O) groups is 1. The van der Waals surface area contributed by atoms with Crippen molar-refractivity contribution in [3.63, 3.8) is 0 Å². The second-order valence-electron chi connectivity index (χ2n) is 3.16. The zero-order chi connectivity index (χ0) is 10.4. The lowest BCUT2D eigenvalue weighted by Gasteiger charge is -1.96. The first-order valence-corrected chi connectivity index (χ1v) is 6.17. The highest BCUT2D eigenvalue weighted by Crippen LogP contribution is 2.03. The van der Waals surface area contributed by atoms with Gasteiger partial charge in [-0.15, -0.1) is 0 Å². The van der Waals surface area contributed by atoms with E-state index in [9.17, 15) is 4.79 Å². The summed E-state index contributed by atoms with van der Waals surface area (Å²) in [5.41, 5.74) is 1.03. The van der Waals surface area contributed by atoms with E-state index in [0.717, 1.165) is 17.9 Å². The average molecular weight is 212 g/mol. The van der Waals surface area contributed by atoms with Gasteiger partial charge in [0.05, 0.1) is 6.20 Å². The van der Waals surface area contributed by atoms with Crippen LogP contribution in [-0.2, 0) is 17.8 Å². The third-order valence-corrected chi connectivity index (χ3v) is 2.61. The highest BCUT2D eigenvalue weighted by molar-refractivity contribution is 7.98. The molecule has 0 fully saturated rings. The van der Waals surface area contributed by atoms with Crippen molar-refractivity contribution in [2.24, 2.45) is 0 Å². The molecule has 0 aromatic carbocycles. The first-order valence-electron chi connectivity index (χ1n) is 4.78. The first kappa shape index (κ1) is 11.3. The molecule has 1 heterocycles. The van der Waals surface area contributed by atoms with Gasteiger partial charge in [-0.2, -0.15) is 16.9 Å². The highest BCUT2D eigenvalue weighted by Gasteiger charge is 2.04. The van der Waals surface area contributed by atoms with Gasteiger partial charge in [-0.3, -0.25) is 9.48 Å². The molecule has 0 bridgehead atoms. The number of carbonyl (C=O) groups excluding carboxylic acids is 1. The van der Waals surface area contributed by atoms with Crippen molar-refractivity contribution in [2.45, 2.75) is 26.3 Å². The van der Waals surface area contributed by atoms with Crippen molar-refractivity contribution in [1.82, 2.24) is 9.78 Å². The number of aromatic nitrogens is 2. The summed E-state index contributed by atoms with van der Waals surface area (Å²) >= 11 is 1.71. The maximum atomic E-state index is 11.4. The van der Waals surface area contributed by atoms with Gasteiger partial charge in [0, 0.05) is 25.6 Å². The number of ketones is 1. The van der Waals surface area contributed by atoms with E-state index in [4.69, 9.17) is 0 Å². The standard InChI is InChI=1S/C10H16N2OS/c1-3-12-8-9(7-11-12)6-10(13)4-5-14-2/h7-8H,3-6H2,1-2H3. The Morgan fingerprint density at radius 2 is 2.43 bits per heavy atom. The van der Waals surface area contributed by atoms with Gasteiger partial charge in [-0.1, -0.05) is 0 Å². The maximum Gasteiger partial charge on any atom is 0.138 e. The fourth-order valence-corrected chi connectivity index (χ4v) is 1.63. The van der Waals surface area contributed by atoms with Crippen LogP contribution in [0.1, 0.15) is 18.9 Å². The van der Waals surface area contributed by atoms with E-state index in [-0.39, 0.29) is 0 Å². The largest absolute Gasteiger partial charge is 0.299 e. The van der Waals surface area contributed by atoms with Gasteiger partial charge in [0.1, 0.15) is 5.78 Å². The summed E-state index contributed by atoms with van der Waals surface area (Å²) in [6, 6.07) is 0. The quantitative estimate of drug-likeness (QED) is 0.721. The predicted molar refractivity (Wildman–Crippen MR) is 59.6 cm³/mol. The molecule has 1 aromatic heterocycles. The number of rotatable bonds is 6. The molecule has 78 valence electrons. The molecule has 0 atom stereocenters. The Labute approximate surface area is 88.9 Å². The first-order chi connectivity index (χ1) is 6.76. The Kier molecular flexibility index (Phi) is 4.73. The second kappa shape index (κ2) is 5.86. The summed E-state index contributed by atoms with van der Waals surface area (Å²) in [6.45, 7) is 2.89. The molecule has 0 aliphatic rings. The predicted octanol–water partition coefficient (Wildman–Crippen LogP) is 1.77. The second-order valence-corrected chi connectivity index (χ2v) is 4.15. The fraction of sp³-hybridized carbons (Fsp3) is 0.600. The molecule has 4 heteroatoms. The molecule has 0 radical (unpaired) electrons. The maximum absolute atomic E-state index is 11.4. The monoisotopic (exact) mass is 212 g/mol. The summed E-state index contributed by atoms with van der Waals surface area (Å²) < 4.78 is 1.84. The number of hydrogen-bond acceptors (Lipinski definition) is 3. The van der Waals surface area contributed by atoms with E-state index in [1.165, 1.54) is 0 Å². The van der Waals surface area contributed by atoms with E-state index < -0.39 is 0 Å². The summed E-state index contributed by atoms with van der Waals surface area (Å²) in [4.78, 5) is 11.4. The molecule has 0 spiro atoms. The molecule has 0 N–H and O–H groups in total. The lowest BCUT2D eigenvalue weighted by atomic mass is 10.1. The Bertz CT molecular complexity index is 296. The third kappa shape index (κ3) is 3.54.